The van der Waals surface area contributed by atoms with E-state index >= 15 is 0 Å². The van der Waals surface area contributed by atoms with Gasteiger partial charge in [0.05, 0.1) is 11.4 Å². The molecule has 3 heterocycles. The molecule has 112 valence electrons. The first-order valence-electron chi connectivity index (χ1n) is 7.38. The fourth-order valence-corrected chi connectivity index (χ4v) is 2.80. The monoisotopic (exact) mass is 286 g/mol. The van der Waals surface area contributed by atoms with Crippen LogP contribution >= 0.6 is 0 Å². The quantitative estimate of drug-likeness (QED) is 0.847. The molecule has 2 aromatic rings. The van der Waals surface area contributed by atoms with Crippen LogP contribution in [0.15, 0.2) is 18.3 Å². The van der Waals surface area contributed by atoms with Gasteiger partial charge in [-0.3, -0.25) is 9.58 Å². The minimum atomic E-state index is 0.834. The van der Waals surface area contributed by atoms with E-state index in [1.165, 1.54) is 5.69 Å². The number of rotatable bonds is 3. The highest BCUT2D eigenvalue weighted by molar-refractivity contribution is 5.37. The molecular formula is C15H22N6. The van der Waals surface area contributed by atoms with Crippen LogP contribution in [0.4, 0.5) is 5.82 Å². The average molecular weight is 286 g/mol. The topological polar surface area (TPSA) is 50.1 Å². The van der Waals surface area contributed by atoms with Crippen LogP contribution in [0, 0.1) is 13.8 Å². The van der Waals surface area contributed by atoms with Gasteiger partial charge in [-0.1, -0.05) is 0 Å². The molecule has 6 nitrogen and oxygen atoms in total. The molecule has 0 unspecified atom stereocenters. The van der Waals surface area contributed by atoms with Gasteiger partial charge in [0.2, 0.25) is 0 Å². The van der Waals surface area contributed by atoms with Gasteiger partial charge in [0.1, 0.15) is 11.6 Å². The molecule has 1 fully saturated rings. The van der Waals surface area contributed by atoms with Crippen molar-refractivity contribution in [1.29, 1.82) is 0 Å². The van der Waals surface area contributed by atoms with Crippen LogP contribution in [0.3, 0.4) is 0 Å². The number of nitrogens with zero attached hydrogens (tertiary/aromatic N) is 6. The second-order valence-corrected chi connectivity index (χ2v) is 5.63. The minimum Gasteiger partial charge on any atom is -0.354 e. The van der Waals surface area contributed by atoms with Crippen LogP contribution in [0.2, 0.25) is 0 Å². The zero-order chi connectivity index (χ0) is 14.8. The van der Waals surface area contributed by atoms with Gasteiger partial charge in [-0.25, -0.2) is 9.97 Å². The SMILES string of the molecule is Cc1cc(CN2CCN(c3ccnc(C)n3)CC2)n(C)n1. The van der Waals surface area contributed by atoms with E-state index in [1.54, 1.807) is 0 Å². The van der Waals surface area contributed by atoms with E-state index < -0.39 is 0 Å². The van der Waals surface area contributed by atoms with Gasteiger partial charge in [-0.15, -0.1) is 0 Å². The average Bonchev–Trinajstić information content (AvgIpc) is 2.78. The third kappa shape index (κ3) is 3.21. The molecule has 0 aromatic carbocycles. The maximum Gasteiger partial charge on any atom is 0.132 e. The van der Waals surface area contributed by atoms with Gasteiger partial charge >= 0.3 is 0 Å². The Morgan fingerprint density at radius 3 is 2.52 bits per heavy atom. The van der Waals surface area contributed by atoms with Crippen LogP contribution in [0.5, 0.6) is 0 Å². The van der Waals surface area contributed by atoms with Crippen molar-refractivity contribution in [2.45, 2.75) is 20.4 Å². The second kappa shape index (κ2) is 5.81. The lowest BCUT2D eigenvalue weighted by molar-refractivity contribution is 0.243. The van der Waals surface area contributed by atoms with Gasteiger partial charge in [0.15, 0.2) is 0 Å². The predicted molar refractivity (Wildman–Crippen MR) is 82.2 cm³/mol. The molecule has 2 aromatic heterocycles. The zero-order valence-electron chi connectivity index (χ0n) is 13.0. The molecule has 21 heavy (non-hydrogen) atoms. The number of aryl methyl sites for hydroxylation is 3. The normalized spacial score (nSPS) is 16.4. The Kier molecular flexibility index (Phi) is 3.88. The van der Waals surface area contributed by atoms with Crippen molar-refractivity contribution in [3.63, 3.8) is 0 Å². The fraction of sp³-hybridized carbons (Fsp3) is 0.533. The molecule has 1 aliphatic rings. The molecule has 6 heteroatoms. The Bertz CT molecular complexity index is 612. The number of anilines is 1. The van der Waals surface area contributed by atoms with Crippen LogP contribution < -0.4 is 4.90 Å². The standard InChI is InChI=1S/C15H22N6/c1-12-10-14(19(3)18-12)11-20-6-8-21(9-7-20)15-4-5-16-13(2)17-15/h4-5,10H,6-9,11H2,1-3H3. The van der Waals surface area contributed by atoms with Gasteiger partial charge in [0, 0.05) is 46.0 Å². The molecule has 0 amide bonds. The van der Waals surface area contributed by atoms with Crippen molar-refractivity contribution in [3.8, 4) is 0 Å². The van der Waals surface area contributed by atoms with E-state index in [0.29, 0.717) is 0 Å². The third-order valence-corrected chi connectivity index (χ3v) is 3.94. The summed E-state index contributed by atoms with van der Waals surface area (Å²) in [6.45, 7) is 9.05. The Morgan fingerprint density at radius 1 is 1.14 bits per heavy atom. The summed E-state index contributed by atoms with van der Waals surface area (Å²) < 4.78 is 1.98. The van der Waals surface area contributed by atoms with E-state index in [-0.39, 0.29) is 0 Å². The summed E-state index contributed by atoms with van der Waals surface area (Å²) in [5.41, 5.74) is 2.36. The van der Waals surface area contributed by atoms with Crippen LogP contribution in [-0.4, -0.2) is 50.8 Å². The largest absolute Gasteiger partial charge is 0.354 e. The first kappa shape index (κ1) is 14.0. The van der Waals surface area contributed by atoms with Crippen LogP contribution in [0.25, 0.3) is 0 Å². The van der Waals surface area contributed by atoms with Crippen molar-refractivity contribution >= 4 is 5.82 Å². The maximum atomic E-state index is 4.51. The Labute approximate surface area is 125 Å². The van der Waals surface area contributed by atoms with Gasteiger partial charge < -0.3 is 4.90 Å². The summed E-state index contributed by atoms with van der Waals surface area (Å²) in [6, 6.07) is 4.16. The van der Waals surface area contributed by atoms with Gasteiger partial charge in [-0.2, -0.15) is 5.10 Å². The van der Waals surface area contributed by atoms with E-state index in [2.05, 4.69) is 30.9 Å². The zero-order valence-corrected chi connectivity index (χ0v) is 13.0. The maximum absolute atomic E-state index is 4.51. The summed E-state index contributed by atoms with van der Waals surface area (Å²) >= 11 is 0. The second-order valence-electron chi connectivity index (χ2n) is 5.63. The highest BCUT2D eigenvalue weighted by atomic mass is 15.3. The molecule has 0 N–H and O–H groups in total. The number of hydrogen-bond acceptors (Lipinski definition) is 5. The number of piperazine rings is 1. The minimum absolute atomic E-state index is 0.834. The van der Waals surface area contributed by atoms with Crippen molar-refractivity contribution in [2.24, 2.45) is 7.05 Å². The Morgan fingerprint density at radius 2 is 1.90 bits per heavy atom. The summed E-state index contributed by atoms with van der Waals surface area (Å²) in [5, 5.41) is 4.41. The predicted octanol–water partition coefficient (Wildman–Crippen LogP) is 1.15. The lowest BCUT2D eigenvalue weighted by Crippen LogP contribution is -2.46. The summed E-state index contributed by atoms with van der Waals surface area (Å²) in [6.07, 6.45) is 1.84. The van der Waals surface area contributed by atoms with E-state index in [0.717, 1.165) is 50.1 Å². The van der Waals surface area contributed by atoms with E-state index in [9.17, 15) is 0 Å². The summed E-state index contributed by atoms with van der Waals surface area (Å²) in [5.74, 6) is 1.87. The molecule has 1 saturated heterocycles. The number of hydrogen-bond donors (Lipinski definition) is 0. The van der Waals surface area contributed by atoms with Crippen molar-refractivity contribution < 1.29 is 0 Å². The van der Waals surface area contributed by atoms with E-state index in [4.69, 9.17) is 0 Å². The first-order chi connectivity index (χ1) is 10.1. The summed E-state index contributed by atoms with van der Waals surface area (Å²) in [4.78, 5) is 13.5. The Hall–Kier alpha value is -1.95. The molecule has 0 atom stereocenters. The molecule has 0 bridgehead atoms. The van der Waals surface area contributed by atoms with E-state index in [1.807, 2.05) is 37.8 Å². The van der Waals surface area contributed by atoms with Crippen molar-refractivity contribution in [2.75, 3.05) is 31.1 Å². The molecule has 0 radical (unpaired) electrons. The third-order valence-electron chi connectivity index (χ3n) is 3.94. The molecule has 1 aliphatic heterocycles. The highest BCUT2D eigenvalue weighted by Gasteiger charge is 2.19. The fourth-order valence-electron chi connectivity index (χ4n) is 2.80. The lowest BCUT2D eigenvalue weighted by Gasteiger charge is -2.35. The van der Waals surface area contributed by atoms with Crippen molar-refractivity contribution in [3.05, 3.63) is 35.5 Å². The van der Waals surface area contributed by atoms with Crippen LogP contribution in [0.1, 0.15) is 17.2 Å². The van der Waals surface area contributed by atoms with Crippen molar-refractivity contribution in [1.82, 2.24) is 24.6 Å². The summed E-state index contributed by atoms with van der Waals surface area (Å²) in [7, 11) is 2.02. The highest BCUT2D eigenvalue weighted by Crippen LogP contribution is 2.15. The van der Waals surface area contributed by atoms with Gasteiger partial charge in [-0.05, 0) is 26.0 Å². The Balaban J connectivity index is 1.59. The molecule has 0 spiro atoms. The first-order valence-corrected chi connectivity index (χ1v) is 7.38. The smallest absolute Gasteiger partial charge is 0.132 e. The molecule has 3 rings (SSSR count). The molecule has 0 saturated carbocycles. The van der Waals surface area contributed by atoms with Gasteiger partial charge in [0.25, 0.3) is 0 Å². The number of aromatic nitrogens is 4. The lowest BCUT2D eigenvalue weighted by atomic mass is 10.2. The molecular weight excluding hydrogens is 264 g/mol. The molecule has 0 aliphatic carbocycles. The van der Waals surface area contributed by atoms with Crippen LogP contribution in [-0.2, 0) is 13.6 Å².